The highest BCUT2D eigenvalue weighted by Crippen LogP contribution is 2.20. The van der Waals surface area contributed by atoms with E-state index in [1.165, 1.54) is 0 Å². The van der Waals surface area contributed by atoms with Gasteiger partial charge in [-0.25, -0.2) is 26.7 Å². The molecule has 0 spiro atoms. The third-order valence-electron chi connectivity index (χ3n) is 4.61. The van der Waals surface area contributed by atoms with Crippen LogP contribution < -0.4 is 9.86 Å². The zero-order valence-electron chi connectivity index (χ0n) is 15.0. The lowest BCUT2D eigenvalue weighted by atomic mass is 9.96. The van der Waals surface area contributed by atoms with E-state index in [4.69, 9.17) is 10.2 Å². The molecule has 1 saturated carbocycles. The van der Waals surface area contributed by atoms with Crippen LogP contribution in [0.4, 0.5) is 0 Å². The second-order valence-corrected chi connectivity index (χ2v) is 10.5. The Morgan fingerprint density at radius 1 is 0.926 bits per heavy atom. The molecule has 0 heterocycles. The molecule has 1 aliphatic carbocycles. The molecule has 10 nitrogen and oxygen atoms in total. The zero-order chi connectivity index (χ0) is 20.7. The molecule has 2 unspecified atom stereocenters. The van der Waals surface area contributed by atoms with Crippen molar-refractivity contribution in [3.05, 3.63) is 0 Å². The summed E-state index contributed by atoms with van der Waals surface area (Å²) in [7, 11) is -7.77. The number of aliphatic carboxylic acids is 2. The summed E-state index contributed by atoms with van der Waals surface area (Å²) in [6, 6.07) is -0.177. The van der Waals surface area contributed by atoms with Crippen molar-refractivity contribution in [3.8, 4) is 0 Å². The largest absolute Gasteiger partial charge is 0.481 e. The number of carbonyl (C=O) groups is 2. The second kappa shape index (κ2) is 10.3. The van der Waals surface area contributed by atoms with E-state index in [1.807, 2.05) is 0 Å². The molecule has 27 heavy (non-hydrogen) atoms. The molecule has 2 atom stereocenters. The van der Waals surface area contributed by atoms with Crippen molar-refractivity contribution in [3.63, 3.8) is 0 Å². The van der Waals surface area contributed by atoms with Crippen LogP contribution in [0.2, 0.25) is 0 Å². The Hall–Kier alpha value is -1.24. The lowest BCUT2D eigenvalue weighted by Crippen LogP contribution is -2.40. The first-order chi connectivity index (χ1) is 12.4. The lowest BCUT2D eigenvalue weighted by molar-refractivity contribution is -0.141. The van der Waals surface area contributed by atoms with Gasteiger partial charge in [-0.15, -0.1) is 0 Å². The molecule has 0 radical (unpaired) electrons. The van der Waals surface area contributed by atoms with E-state index in [0.29, 0.717) is 0 Å². The normalized spacial score (nSPS) is 18.7. The van der Waals surface area contributed by atoms with Crippen LogP contribution in [-0.2, 0) is 29.6 Å². The number of carboxylic acid groups (broad SMARTS) is 2. The maximum atomic E-state index is 12.2. The van der Waals surface area contributed by atoms with Gasteiger partial charge in [-0.05, 0) is 25.7 Å². The molecule has 1 rings (SSSR count). The first-order valence-corrected chi connectivity index (χ1v) is 12.2. The highest BCUT2D eigenvalue weighted by Gasteiger charge is 2.29. The molecule has 0 aromatic rings. The monoisotopic (exact) mass is 428 g/mol. The summed E-state index contributed by atoms with van der Waals surface area (Å²) in [5, 5.41) is 23.2. The summed E-state index contributed by atoms with van der Waals surface area (Å²) < 4.78 is 49.2. The number of nitrogens with two attached hydrogens (primary N) is 1. The van der Waals surface area contributed by atoms with Gasteiger partial charge in [0.15, 0.2) is 0 Å². The second-order valence-electron chi connectivity index (χ2n) is 7.06. The molecule has 0 saturated heterocycles. The third-order valence-corrected chi connectivity index (χ3v) is 7.01. The third kappa shape index (κ3) is 10.0. The SMILES string of the molecule is NS(=O)(=O)CC(CCCC(CS(=O)(=O)NC1CCCCC1)C(=O)O)C(=O)O. The summed E-state index contributed by atoms with van der Waals surface area (Å²) in [6.07, 6.45) is 4.24. The van der Waals surface area contributed by atoms with Crippen LogP contribution in [0.15, 0.2) is 0 Å². The van der Waals surface area contributed by atoms with Crippen LogP contribution in [0.3, 0.4) is 0 Å². The molecular formula is C15H28N2O8S2. The van der Waals surface area contributed by atoms with Gasteiger partial charge in [0.1, 0.15) is 0 Å². The quantitative estimate of drug-likeness (QED) is 0.337. The maximum absolute atomic E-state index is 12.2. The smallest absolute Gasteiger partial charge is 0.307 e. The van der Waals surface area contributed by atoms with Gasteiger partial charge >= 0.3 is 11.9 Å². The van der Waals surface area contributed by atoms with E-state index in [0.717, 1.165) is 32.1 Å². The number of rotatable bonds is 12. The summed E-state index contributed by atoms with van der Waals surface area (Å²) in [5.74, 6) is -6.43. The molecule has 12 heteroatoms. The van der Waals surface area contributed by atoms with E-state index in [1.54, 1.807) is 0 Å². The average molecular weight is 429 g/mol. The summed E-state index contributed by atoms with van der Waals surface area (Å²) in [4.78, 5) is 22.5. The average Bonchev–Trinajstić information content (AvgIpc) is 2.51. The molecule has 0 aromatic heterocycles. The van der Waals surface area contributed by atoms with Gasteiger partial charge in [0.05, 0.1) is 23.3 Å². The number of sulfonamides is 2. The molecule has 0 bridgehead atoms. The van der Waals surface area contributed by atoms with E-state index >= 15 is 0 Å². The van der Waals surface area contributed by atoms with Crippen molar-refractivity contribution in [1.29, 1.82) is 0 Å². The fraction of sp³-hybridized carbons (Fsp3) is 0.867. The minimum atomic E-state index is -3.98. The minimum absolute atomic E-state index is 0.0579. The number of carboxylic acids is 2. The lowest BCUT2D eigenvalue weighted by Gasteiger charge is -2.23. The van der Waals surface area contributed by atoms with Crippen LogP contribution in [0.5, 0.6) is 0 Å². The number of hydrogen-bond donors (Lipinski definition) is 4. The molecule has 0 aliphatic heterocycles. The Kier molecular flexibility index (Phi) is 9.12. The molecule has 158 valence electrons. The van der Waals surface area contributed by atoms with Crippen molar-refractivity contribution in [1.82, 2.24) is 4.72 Å². The highest BCUT2D eigenvalue weighted by molar-refractivity contribution is 7.89. The van der Waals surface area contributed by atoms with Crippen molar-refractivity contribution in [2.24, 2.45) is 17.0 Å². The molecule has 0 aromatic carbocycles. The topological polar surface area (TPSA) is 181 Å². The first kappa shape index (κ1) is 23.8. The van der Waals surface area contributed by atoms with E-state index in [-0.39, 0.29) is 25.3 Å². The summed E-state index contributed by atoms with van der Waals surface area (Å²) in [5.41, 5.74) is 0. The predicted octanol–water partition coefficient (Wildman–Crippen LogP) is 0.0989. The van der Waals surface area contributed by atoms with Gasteiger partial charge in [-0.1, -0.05) is 25.7 Å². The van der Waals surface area contributed by atoms with E-state index < -0.39 is 55.3 Å². The van der Waals surface area contributed by atoms with E-state index in [2.05, 4.69) is 4.72 Å². The van der Waals surface area contributed by atoms with Gasteiger partial charge in [-0.3, -0.25) is 9.59 Å². The highest BCUT2D eigenvalue weighted by atomic mass is 32.2. The molecule has 0 amide bonds. The summed E-state index contributed by atoms with van der Waals surface area (Å²) in [6.45, 7) is 0. The van der Waals surface area contributed by atoms with Crippen molar-refractivity contribution in [2.45, 2.75) is 57.4 Å². The van der Waals surface area contributed by atoms with Gasteiger partial charge in [0, 0.05) is 6.04 Å². The standard InChI is InChI=1S/C15H28N2O8S2/c16-26(22,23)9-11(14(18)19)5-4-6-12(15(20)21)10-27(24,25)17-13-7-2-1-3-8-13/h11-13,17H,1-10H2,(H,18,19)(H,20,21)(H2,16,22,23). The van der Waals surface area contributed by atoms with Crippen LogP contribution in [-0.4, -0.2) is 56.5 Å². The van der Waals surface area contributed by atoms with E-state index in [9.17, 15) is 31.5 Å². The first-order valence-electron chi connectivity index (χ1n) is 8.85. The Bertz CT molecular complexity index is 714. The Balaban J connectivity index is 2.59. The Morgan fingerprint density at radius 3 is 1.85 bits per heavy atom. The Labute approximate surface area is 159 Å². The maximum Gasteiger partial charge on any atom is 0.307 e. The number of nitrogens with one attached hydrogen (secondary N) is 1. The zero-order valence-corrected chi connectivity index (χ0v) is 16.7. The molecular weight excluding hydrogens is 400 g/mol. The Morgan fingerprint density at radius 2 is 1.41 bits per heavy atom. The van der Waals surface area contributed by atoms with Gasteiger partial charge in [-0.2, -0.15) is 0 Å². The van der Waals surface area contributed by atoms with Gasteiger partial charge < -0.3 is 10.2 Å². The summed E-state index contributed by atoms with van der Waals surface area (Å²) >= 11 is 0. The molecule has 1 aliphatic rings. The molecule has 1 fully saturated rings. The fourth-order valence-electron chi connectivity index (χ4n) is 3.23. The van der Waals surface area contributed by atoms with Crippen LogP contribution >= 0.6 is 0 Å². The van der Waals surface area contributed by atoms with Crippen molar-refractivity contribution >= 4 is 32.0 Å². The van der Waals surface area contributed by atoms with Gasteiger partial charge in [0.25, 0.3) is 0 Å². The minimum Gasteiger partial charge on any atom is -0.481 e. The van der Waals surface area contributed by atoms with Crippen LogP contribution in [0, 0.1) is 11.8 Å². The number of hydrogen-bond acceptors (Lipinski definition) is 6. The fourth-order valence-corrected chi connectivity index (χ4v) is 5.78. The van der Waals surface area contributed by atoms with Crippen LogP contribution in [0.1, 0.15) is 51.4 Å². The van der Waals surface area contributed by atoms with Gasteiger partial charge in [0.2, 0.25) is 20.0 Å². The van der Waals surface area contributed by atoms with Crippen molar-refractivity contribution in [2.75, 3.05) is 11.5 Å². The number of primary sulfonamides is 1. The van der Waals surface area contributed by atoms with Crippen LogP contribution in [0.25, 0.3) is 0 Å². The predicted molar refractivity (Wildman–Crippen MR) is 97.9 cm³/mol. The molecule has 5 N–H and O–H groups in total. The van der Waals surface area contributed by atoms with Crippen molar-refractivity contribution < 1.29 is 36.6 Å².